The van der Waals surface area contributed by atoms with Gasteiger partial charge in [-0.2, -0.15) is 0 Å². The fraction of sp³-hybridized carbons (Fsp3) is 0.455. The van der Waals surface area contributed by atoms with Gasteiger partial charge in [-0.15, -0.1) is 0 Å². The Balaban J connectivity index is 1.91. The maximum absolute atomic E-state index is 10.5. The number of nitro groups is 1. The summed E-state index contributed by atoms with van der Waals surface area (Å²) < 4.78 is 0. The lowest BCUT2D eigenvalue weighted by atomic mass is 9.95. The molecule has 1 aromatic carbocycles. The van der Waals surface area contributed by atoms with E-state index in [1.807, 2.05) is 12.1 Å². The van der Waals surface area contributed by atoms with Gasteiger partial charge in [0.25, 0.3) is 5.69 Å². The number of nitrogens with zero attached hydrogens (tertiary/aromatic N) is 1. The Morgan fingerprint density at radius 1 is 1.40 bits per heavy atom. The Morgan fingerprint density at radius 2 is 2.13 bits per heavy atom. The van der Waals surface area contributed by atoms with Crippen LogP contribution in [0.15, 0.2) is 24.3 Å². The van der Waals surface area contributed by atoms with E-state index in [0.717, 1.165) is 19.0 Å². The first kappa shape index (κ1) is 8.85. The monoisotopic (exact) mass is 204 g/mol. The molecule has 2 aliphatic rings. The summed E-state index contributed by atoms with van der Waals surface area (Å²) in [4.78, 5) is 10.2. The van der Waals surface area contributed by atoms with Crippen molar-refractivity contribution in [2.24, 2.45) is 5.92 Å². The van der Waals surface area contributed by atoms with E-state index >= 15 is 0 Å². The minimum atomic E-state index is -0.348. The normalized spacial score (nSPS) is 32.4. The van der Waals surface area contributed by atoms with Crippen LogP contribution in [0.1, 0.15) is 12.0 Å². The van der Waals surface area contributed by atoms with Gasteiger partial charge in [0.15, 0.2) is 0 Å². The minimum Gasteiger partial charge on any atom is -0.316 e. The number of nitrogens with one attached hydrogen (secondary N) is 1. The molecule has 0 bridgehead atoms. The topological polar surface area (TPSA) is 55.2 Å². The molecule has 1 N–H and O–H groups in total. The molecule has 2 atom stereocenters. The predicted molar refractivity (Wildman–Crippen MR) is 55.8 cm³/mol. The van der Waals surface area contributed by atoms with Crippen molar-refractivity contribution in [1.29, 1.82) is 0 Å². The van der Waals surface area contributed by atoms with E-state index in [9.17, 15) is 10.1 Å². The molecule has 4 nitrogen and oxygen atoms in total. The fourth-order valence-corrected chi connectivity index (χ4v) is 2.70. The van der Waals surface area contributed by atoms with Gasteiger partial charge in [-0.25, -0.2) is 0 Å². The summed E-state index contributed by atoms with van der Waals surface area (Å²) in [6.45, 7) is 2.12. The van der Waals surface area contributed by atoms with E-state index in [4.69, 9.17) is 0 Å². The number of hydrogen-bond donors (Lipinski definition) is 1. The molecule has 0 aromatic heterocycles. The number of nitro benzene ring substituents is 1. The molecule has 1 heterocycles. The second-order valence-electron chi connectivity index (χ2n) is 4.49. The minimum absolute atomic E-state index is 0.179. The second kappa shape index (κ2) is 2.79. The molecule has 4 heteroatoms. The van der Waals surface area contributed by atoms with E-state index in [2.05, 4.69) is 5.32 Å². The van der Waals surface area contributed by atoms with Crippen molar-refractivity contribution < 1.29 is 4.92 Å². The molecule has 2 fully saturated rings. The molecular weight excluding hydrogens is 192 g/mol. The number of benzene rings is 1. The van der Waals surface area contributed by atoms with Gasteiger partial charge in [0, 0.05) is 24.1 Å². The summed E-state index contributed by atoms with van der Waals surface area (Å²) >= 11 is 0. The Kier molecular flexibility index (Phi) is 1.65. The summed E-state index contributed by atoms with van der Waals surface area (Å²) in [5.41, 5.74) is 1.73. The molecule has 0 spiro atoms. The zero-order chi connectivity index (χ0) is 10.5. The van der Waals surface area contributed by atoms with Crippen molar-refractivity contribution in [2.45, 2.75) is 11.8 Å². The van der Waals surface area contributed by atoms with Crippen LogP contribution in [-0.2, 0) is 5.41 Å². The standard InChI is InChI=1S/C11H12N2O2/c14-13(15)10-3-1-8(2-4-10)11-5-9(11)6-12-7-11/h1-4,9,12H,5-7H2. The lowest BCUT2D eigenvalue weighted by Gasteiger charge is -2.11. The molecule has 78 valence electrons. The lowest BCUT2D eigenvalue weighted by molar-refractivity contribution is -0.384. The van der Waals surface area contributed by atoms with Crippen LogP contribution in [-0.4, -0.2) is 18.0 Å². The largest absolute Gasteiger partial charge is 0.316 e. The van der Waals surface area contributed by atoms with Gasteiger partial charge in [-0.3, -0.25) is 10.1 Å². The van der Waals surface area contributed by atoms with Crippen LogP contribution in [0.5, 0.6) is 0 Å². The second-order valence-corrected chi connectivity index (χ2v) is 4.49. The van der Waals surface area contributed by atoms with E-state index in [-0.39, 0.29) is 10.6 Å². The Bertz CT molecular complexity index is 415. The molecule has 1 saturated heterocycles. The summed E-state index contributed by atoms with van der Waals surface area (Å²) in [6.07, 6.45) is 1.23. The summed E-state index contributed by atoms with van der Waals surface area (Å²) in [5, 5.41) is 13.9. The van der Waals surface area contributed by atoms with Gasteiger partial charge in [0.1, 0.15) is 0 Å². The first-order valence-corrected chi connectivity index (χ1v) is 5.18. The molecule has 1 saturated carbocycles. The quantitative estimate of drug-likeness (QED) is 0.586. The molecular formula is C11H12N2O2. The smallest absolute Gasteiger partial charge is 0.269 e. The molecule has 1 aliphatic carbocycles. The van der Waals surface area contributed by atoms with Crippen molar-refractivity contribution in [3.05, 3.63) is 39.9 Å². The van der Waals surface area contributed by atoms with Crippen molar-refractivity contribution >= 4 is 5.69 Å². The van der Waals surface area contributed by atoms with Gasteiger partial charge >= 0.3 is 0 Å². The highest BCUT2D eigenvalue weighted by molar-refractivity contribution is 5.42. The summed E-state index contributed by atoms with van der Waals surface area (Å²) in [6, 6.07) is 7.03. The third kappa shape index (κ3) is 1.18. The van der Waals surface area contributed by atoms with Gasteiger partial charge in [0.05, 0.1) is 4.92 Å². The van der Waals surface area contributed by atoms with Gasteiger partial charge < -0.3 is 5.32 Å². The molecule has 1 aromatic rings. The maximum Gasteiger partial charge on any atom is 0.269 e. The molecule has 0 radical (unpaired) electrons. The zero-order valence-electron chi connectivity index (χ0n) is 8.27. The van der Waals surface area contributed by atoms with Gasteiger partial charge in [-0.1, -0.05) is 12.1 Å². The summed E-state index contributed by atoms with van der Waals surface area (Å²) in [7, 11) is 0. The zero-order valence-corrected chi connectivity index (χ0v) is 8.27. The molecule has 2 unspecified atom stereocenters. The SMILES string of the molecule is O=[N+]([O-])c1ccc(C23CNCC2C3)cc1. The van der Waals surface area contributed by atoms with Crippen LogP contribution in [0, 0.1) is 16.0 Å². The first-order valence-electron chi connectivity index (χ1n) is 5.18. The average molecular weight is 204 g/mol. The maximum atomic E-state index is 10.5. The first-order chi connectivity index (χ1) is 7.22. The average Bonchev–Trinajstić information content (AvgIpc) is 2.82. The van der Waals surface area contributed by atoms with Crippen LogP contribution in [0.4, 0.5) is 5.69 Å². The summed E-state index contributed by atoms with van der Waals surface area (Å²) in [5.74, 6) is 0.749. The van der Waals surface area contributed by atoms with Crippen molar-refractivity contribution in [3.63, 3.8) is 0 Å². The van der Waals surface area contributed by atoms with Crippen molar-refractivity contribution in [1.82, 2.24) is 5.32 Å². The molecule has 1 aliphatic heterocycles. The third-order valence-corrected chi connectivity index (χ3v) is 3.72. The molecule has 15 heavy (non-hydrogen) atoms. The Morgan fingerprint density at radius 3 is 2.60 bits per heavy atom. The van der Waals surface area contributed by atoms with E-state index in [1.54, 1.807) is 12.1 Å². The number of rotatable bonds is 2. The number of fused-ring (bicyclic) bond motifs is 1. The Hall–Kier alpha value is -1.42. The number of piperidine rings is 1. The Labute approximate surface area is 87.4 Å². The lowest BCUT2D eigenvalue weighted by Crippen LogP contribution is -2.19. The van der Waals surface area contributed by atoms with Crippen LogP contribution >= 0.6 is 0 Å². The van der Waals surface area contributed by atoms with Gasteiger partial charge in [-0.05, 0) is 24.4 Å². The van der Waals surface area contributed by atoms with Gasteiger partial charge in [0.2, 0.25) is 0 Å². The van der Waals surface area contributed by atoms with E-state index < -0.39 is 0 Å². The van der Waals surface area contributed by atoms with Crippen molar-refractivity contribution in [3.8, 4) is 0 Å². The van der Waals surface area contributed by atoms with Crippen LogP contribution in [0.3, 0.4) is 0 Å². The highest BCUT2D eigenvalue weighted by atomic mass is 16.6. The van der Waals surface area contributed by atoms with Crippen molar-refractivity contribution in [2.75, 3.05) is 13.1 Å². The van der Waals surface area contributed by atoms with E-state index in [1.165, 1.54) is 12.0 Å². The van der Waals surface area contributed by atoms with E-state index in [0.29, 0.717) is 5.41 Å². The van der Waals surface area contributed by atoms with Crippen LogP contribution in [0.25, 0.3) is 0 Å². The molecule has 3 rings (SSSR count). The third-order valence-electron chi connectivity index (χ3n) is 3.72. The predicted octanol–water partition coefficient (Wildman–Crippen LogP) is 1.46. The van der Waals surface area contributed by atoms with Crippen LogP contribution in [0.2, 0.25) is 0 Å². The molecule has 0 amide bonds. The van der Waals surface area contributed by atoms with Crippen LogP contribution < -0.4 is 5.32 Å². The highest BCUT2D eigenvalue weighted by Crippen LogP contribution is 2.56. The number of non-ortho nitro benzene ring substituents is 1. The fourth-order valence-electron chi connectivity index (χ4n) is 2.70. The number of hydrogen-bond acceptors (Lipinski definition) is 3. The highest BCUT2D eigenvalue weighted by Gasteiger charge is 2.57.